The second-order valence-corrected chi connectivity index (χ2v) is 4.97. The molecule has 0 aliphatic heterocycles. The summed E-state index contributed by atoms with van der Waals surface area (Å²) in [4.78, 5) is 0. The highest BCUT2D eigenvalue weighted by Crippen LogP contribution is 2.49. The minimum atomic E-state index is -5.39. The van der Waals surface area contributed by atoms with E-state index in [4.69, 9.17) is 5.11 Å². The third-order valence-corrected chi connectivity index (χ3v) is 3.16. The number of hydrogen-bond acceptors (Lipinski definition) is 1. The zero-order chi connectivity index (χ0) is 15.9. The average molecular weight is 308 g/mol. The molecule has 0 saturated carbocycles. The first-order valence-corrected chi connectivity index (χ1v) is 6.86. The van der Waals surface area contributed by atoms with Crippen molar-refractivity contribution in [2.75, 3.05) is 6.61 Å². The number of aliphatic hydroxyl groups is 1. The fraction of sp³-hybridized carbons (Fsp3) is 1.00. The van der Waals surface area contributed by atoms with Gasteiger partial charge in [-0.3, -0.25) is 0 Å². The quantitative estimate of drug-likeness (QED) is 0.419. The van der Waals surface area contributed by atoms with Gasteiger partial charge in [0.1, 0.15) is 0 Å². The van der Waals surface area contributed by atoms with E-state index >= 15 is 0 Å². The Morgan fingerprint density at radius 1 is 0.700 bits per heavy atom. The van der Waals surface area contributed by atoms with E-state index in [1.807, 2.05) is 6.92 Å². The first-order valence-electron chi connectivity index (χ1n) is 6.86. The highest BCUT2D eigenvalue weighted by atomic mass is 19.3. The first kappa shape index (κ1) is 19.5. The lowest BCUT2D eigenvalue weighted by molar-refractivity contribution is -0.312. The molecule has 20 heavy (non-hydrogen) atoms. The van der Waals surface area contributed by atoms with E-state index < -0.39 is 43.6 Å². The molecule has 0 rings (SSSR count). The molecule has 122 valence electrons. The molecule has 0 aliphatic carbocycles. The van der Waals surface area contributed by atoms with Crippen molar-refractivity contribution in [2.45, 2.75) is 76.1 Å². The molecule has 0 atom stereocenters. The van der Waals surface area contributed by atoms with Crippen LogP contribution in [0.4, 0.5) is 26.3 Å². The molecule has 1 N–H and O–H groups in total. The standard InChI is InChI=1S/C13H22F6O/c1-2-3-4-5-6-8-11(14,15)13(18,19)12(16,17)9-7-10-20/h20H,2-10H2,1H3. The van der Waals surface area contributed by atoms with Crippen LogP contribution in [0.25, 0.3) is 0 Å². The molecule has 0 spiro atoms. The molecule has 0 amide bonds. The first-order chi connectivity index (χ1) is 9.12. The predicted molar refractivity (Wildman–Crippen MR) is 64.5 cm³/mol. The lowest BCUT2D eigenvalue weighted by Crippen LogP contribution is -2.54. The maximum absolute atomic E-state index is 13.3. The zero-order valence-corrected chi connectivity index (χ0v) is 11.6. The van der Waals surface area contributed by atoms with Crippen molar-refractivity contribution in [3.05, 3.63) is 0 Å². The van der Waals surface area contributed by atoms with Gasteiger partial charge in [0.15, 0.2) is 0 Å². The van der Waals surface area contributed by atoms with Crippen LogP contribution in [0.2, 0.25) is 0 Å². The van der Waals surface area contributed by atoms with E-state index in [0.717, 1.165) is 12.8 Å². The van der Waals surface area contributed by atoms with Crippen molar-refractivity contribution in [1.29, 1.82) is 0 Å². The summed E-state index contributed by atoms with van der Waals surface area (Å²) in [7, 11) is 0. The van der Waals surface area contributed by atoms with E-state index in [2.05, 4.69) is 0 Å². The Balaban J connectivity index is 4.54. The molecule has 7 heteroatoms. The van der Waals surface area contributed by atoms with E-state index in [9.17, 15) is 26.3 Å². The van der Waals surface area contributed by atoms with Gasteiger partial charge in [-0.05, 0) is 12.8 Å². The summed E-state index contributed by atoms with van der Waals surface area (Å²) >= 11 is 0. The number of aliphatic hydroxyl groups excluding tert-OH is 1. The highest BCUT2D eigenvalue weighted by Gasteiger charge is 2.70. The monoisotopic (exact) mass is 308 g/mol. The molecule has 0 fully saturated rings. The van der Waals surface area contributed by atoms with E-state index in [1.54, 1.807) is 0 Å². The second-order valence-electron chi connectivity index (χ2n) is 4.97. The number of alkyl halides is 6. The summed E-state index contributed by atoms with van der Waals surface area (Å²) < 4.78 is 79.6. The summed E-state index contributed by atoms with van der Waals surface area (Å²) in [5.74, 6) is -14.9. The van der Waals surface area contributed by atoms with Crippen LogP contribution in [-0.2, 0) is 0 Å². The molecule has 0 aromatic carbocycles. The fourth-order valence-electron chi connectivity index (χ4n) is 1.83. The topological polar surface area (TPSA) is 20.2 Å². The van der Waals surface area contributed by atoms with Crippen LogP contribution in [0, 0.1) is 0 Å². The lowest BCUT2D eigenvalue weighted by Gasteiger charge is -2.33. The SMILES string of the molecule is CCCCCCCC(F)(F)C(F)(F)C(F)(F)CCCO. The van der Waals surface area contributed by atoms with Crippen LogP contribution < -0.4 is 0 Å². The fourth-order valence-corrected chi connectivity index (χ4v) is 1.83. The normalized spacial score (nSPS) is 13.8. The molecular weight excluding hydrogens is 286 g/mol. The Morgan fingerprint density at radius 3 is 1.60 bits per heavy atom. The molecule has 0 aromatic heterocycles. The van der Waals surface area contributed by atoms with Gasteiger partial charge in [-0.15, -0.1) is 0 Å². The van der Waals surface area contributed by atoms with E-state index in [1.165, 1.54) is 0 Å². The maximum Gasteiger partial charge on any atom is 0.371 e. The van der Waals surface area contributed by atoms with Gasteiger partial charge in [-0.2, -0.15) is 26.3 Å². The maximum atomic E-state index is 13.3. The Labute approximate surface area is 115 Å². The van der Waals surface area contributed by atoms with E-state index in [-0.39, 0.29) is 6.42 Å². The third kappa shape index (κ3) is 5.14. The van der Waals surface area contributed by atoms with Crippen LogP contribution in [0.5, 0.6) is 0 Å². The molecule has 0 bridgehead atoms. The summed E-state index contributed by atoms with van der Waals surface area (Å²) in [5.41, 5.74) is 0. The van der Waals surface area contributed by atoms with Crippen molar-refractivity contribution in [1.82, 2.24) is 0 Å². The Morgan fingerprint density at radius 2 is 1.15 bits per heavy atom. The van der Waals surface area contributed by atoms with Gasteiger partial charge in [-0.25, -0.2) is 0 Å². The van der Waals surface area contributed by atoms with Gasteiger partial charge in [0.25, 0.3) is 0 Å². The molecule has 0 heterocycles. The van der Waals surface area contributed by atoms with Crippen LogP contribution >= 0.6 is 0 Å². The molecule has 0 unspecified atom stereocenters. The Bertz CT molecular complexity index is 268. The van der Waals surface area contributed by atoms with Crippen LogP contribution in [0.15, 0.2) is 0 Å². The van der Waals surface area contributed by atoms with Crippen molar-refractivity contribution in [3.63, 3.8) is 0 Å². The smallest absolute Gasteiger partial charge is 0.371 e. The third-order valence-electron chi connectivity index (χ3n) is 3.16. The Hall–Kier alpha value is -0.460. The van der Waals surface area contributed by atoms with Crippen LogP contribution in [-0.4, -0.2) is 29.5 Å². The van der Waals surface area contributed by atoms with Crippen molar-refractivity contribution < 1.29 is 31.4 Å². The van der Waals surface area contributed by atoms with Gasteiger partial charge >= 0.3 is 17.8 Å². The second kappa shape index (κ2) is 8.10. The summed E-state index contributed by atoms with van der Waals surface area (Å²) in [6, 6.07) is 0. The number of unbranched alkanes of at least 4 members (excludes halogenated alkanes) is 4. The number of hydrogen-bond donors (Lipinski definition) is 1. The summed E-state index contributed by atoms with van der Waals surface area (Å²) in [6.07, 6.45) is -0.949. The molecule has 0 aliphatic rings. The molecule has 0 saturated heterocycles. The molecule has 0 radical (unpaired) electrons. The molecule has 1 nitrogen and oxygen atoms in total. The molecular formula is C13H22F6O. The Kier molecular flexibility index (Phi) is 7.91. The predicted octanol–water partition coefficient (Wildman–Crippen LogP) is 5.03. The minimum absolute atomic E-state index is 0.210. The van der Waals surface area contributed by atoms with Gasteiger partial charge in [0.05, 0.1) is 0 Å². The van der Waals surface area contributed by atoms with Crippen molar-refractivity contribution in [2.24, 2.45) is 0 Å². The lowest BCUT2D eigenvalue weighted by atomic mass is 9.96. The molecule has 0 aromatic rings. The average Bonchev–Trinajstić information content (AvgIpc) is 2.35. The largest absolute Gasteiger partial charge is 0.396 e. The zero-order valence-electron chi connectivity index (χ0n) is 11.6. The van der Waals surface area contributed by atoms with Gasteiger partial charge in [-0.1, -0.05) is 32.6 Å². The van der Waals surface area contributed by atoms with Crippen molar-refractivity contribution in [3.8, 4) is 0 Å². The van der Waals surface area contributed by atoms with Crippen LogP contribution in [0.1, 0.15) is 58.3 Å². The van der Waals surface area contributed by atoms with Gasteiger partial charge < -0.3 is 5.11 Å². The van der Waals surface area contributed by atoms with Crippen molar-refractivity contribution >= 4 is 0 Å². The highest BCUT2D eigenvalue weighted by molar-refractivity contribution is 4.96. The van der Waals surface area contributed by atoms with E-state index in [0.29, 0.717) is 12.8 Å². The summed E-state index contributed by atoms with van der Waals surface area (Å²) in [5, 5.41) is 8.36. The summed E-state index contributed by atoms with van der Waals surface area (Å²) in [6.45, 7) is 1.17. The number of halogens is 6. The minimum Gasteiger partial charge on any atom is -0.396 e. The van der Waals surface area contributed by atoms with Gasteiger partial charge in [0.2, 0.25) is 0 Å². The number of rotatable bonds is 11. The van der Waals surface area contributed by atoms with Crippen LogP contribution in [0.3, 0.4) is 0 Å². The van der Waals surface area contributed by atoms with Gasteiger partial charge in [0, 0.05) is 19.4 Å².